The van der Waals surface area contributed by atoms with E-state index in [-0.39, 0.29) is 35.6 Å². The molecule has 0 bridgehead atoms. The summed E-state index contributed by atoms with van der Waals surface area (Å²) in [7, 11) is 0. The van der Waals surface area contributed by atoms with Gasteiger partial charge in [-0.3, -0.25) is 19.2 Å². The molecule has 2 aliphatic carbocycles. The van der Waals surface area contributed by atoms with Crippen molar-refractivity contribution in [3.8, 4) is 0 Å². The van der Waals surface area contributed by atoms with E-state index in [2.05, 4.69) is 0 Å². The number of ketones is 3. The monoisotopic (exact) mass is 443 g/mol. The Morgan fingerprint density at radius 2 is 1.58 bits per heavy atom. The van der Waals surface area contributed by atoms with Crippen molar-refractivity contribution < 1.29 is 19.2 Å². The van der Waals surface area contributed by atoms with Crippen molar-refractivity contribution in [2.75, 3.05) is 4.90 Å². The summed E-state index contributed by atoms with van der Waals surface area (Å²) in [4.78, 5) is 56.3. The summed E-state index contributed by atoms with van der Waals surface area (Å²) in [6.07, 6.45) is 2.81. The lowest BCUT2D eigenvalue weighted by Crippen LogP contribution is -2.53. The highest BCUT2D eigenvalue weighted by Gasteiger charge is 2.67. The number of carbonyl (C=O) groups excluding carboxylic acids is 4. The van der Waals surface area contributed by atoms with Crippen LogP contribution in [0.1, 0.15) is 62.5 Å². The SMILES string of the molecule is CCC[C@@H]1CC(=O)[C@H]([C@@H]2C(=O)N(Cc3ccccc3)c3ccccc32)C12C(=O)CCCC2=O. The van der Waals surface area contributed by atoms with Crippen LogP contribution in [0.5, 0.6) is 0 Å². The first kappa shape index (κ1) is 21.7. The van der Waals surface area contributed by atoms with Gasteiger partial charge in [-0.1, -0.05) is 61.9 Å². The second-order valence-corrected chi connectivity index (χ2v) is 9.65. The molecule has 5 heteroatoms. The minimum atomic E-state index is -1.35. The Hall–Kier alpha value is -3.08. The molecule has 0 unspecified atom stereocenters. The molecular weight excluding hydrogens is 414 g/mol. The van der Waals surface area contributed by atoms with Gasteiger partial charge in [-0.15, -0.1) is 0 Å². The summed E-state index contributed by atoms with van der Waals surface area (Å²) < 4.78 is 0. The standard InChI is InChI=1S/C28H29NO4/c1-2-9-19-16-22(30)26(28(19)23(31)14-8-15-24(28)32)25-20-12-6-7-13-21(20)29(27(25)33)17-18-10-4-3-5-11-18/h3-7,10-13,19,25-26H,2,8-9,14-17H2,1H3/t19-,25-,26-/m1/s1. The number of para-hydroxylation sites is 1. The maximum absolute atomic E-state index is 14.0. The molecule has 2 aromatic carbocycles. The van der Waals surface area contributed by atoms with Crippen molar-refractivity contribution in [1.82, 2.24) is 0 Å². The summed E-state index contributed by atoms with van der Waals surface area (Å²) in [5.41, 5.74) is 1.18. The zero-order valence-electron chi connectivity index (χ0n) is 19.0. The molecule has 1 spiro atoms. The van der Waals surface area contributed by atoms with Crippen LogP contribution in [0.3, 0.4) is 0 Å². The van der Waals surface area contributed by atoms with Gasteiger partial charge in [0.05, 0.1) is 18.4 Å². The average molecular weight is 444 g/mol. The van der Waals surface area contributed by atoms with Gasteiger partial charge in [0.25, 0.3) is 0 Å². The Labute approximate surface area is 194 Å². The number of fused-ring (bicyclic) bond motifs is 1. The van der Waals surface area contributed by atoms with Crippen molar-refractivity contribution in [3.63, 3.8) is 0 Å². The number of benzene rings is 2. The summed E-state index contributed by atoms with van der Waals surface area (Å²) in [6.45, 7) is 2.41. The minimum Gasteiger partial charge on any atom is -0.307 e. The quantitative estimate of drug-likeness (QED) is 0.632. The molecule has 33 heavy (non-hydrogen) atoms. The lowest BCUT2D eigenvalue weighted by molar-refractivity contribution is -0.153. The number of hydrogen-bond donors (Lipinski definition) is 0. The van der Waals surface area contributed by atoms with E-state index in [1.165, 1.54) is 0 Å². The van der Waals surface area contributed by atoms with Gasteiger partial charge in [0, 0.05) is 24.9 Å². The van der Waals surface area contributed by atoms with Gasteiger partial charge < -0.3 is 4.90 Å². The highest BCUT2D eigenvalue weighted by molar-refractivity contribution is 6.18. The zero-order valence-corrected chi connectivity index (χ0v) is 19.0. The molecular formula is C28H29NO4. The number of nitrogens with zero attached hydrogens (tertiary/aromatic N) is 1. The summed E-state index contributed by atoms with van der Waals surface area (Å²) in [6, 6.07) is 17.3. The van der Waals surface area contributed by atoms with Crippen LogP contribution >= 0.6 is 0 Å². The average Bonchev–Trinajstić information content (AvgIpc) is 3.24. The molecule has 5 rings (SSSR count). The van der Waals surface area contributed by atoms with Crippen LogP contribution < -0.4 is 4.90 Å². The van der Waals surface area contributed by atoms with E-state index in [0.717, 1.165) is 23.2 Å². The van der Waals surface area contributed by atoms with Gasteiger partial charge >= 0.3 is 0 Å². The fourth-order valence-electron chi connectivity index (χ4n) is 6.61. The van der Waals surface area contributed by atoms with Gasteiger partial charge in [-0.05, 0) is 36.0 Å². The van der Waals surface area contributed by atoms with Crippen LogP contribution in [-0.2, 0) is 25.7 Å². The molecule has 0 radical (unpaired) electrons. The molecule has 0 saturated heterocycles. The molecule has 0 N–H and O–H groups in total. The maximum atomic E-state index is 14.0. The largest absolute Gasteiger partial charge is 0.307 e. The summed E-state index contributed by atoms with van der Waals surface area (Å²) in [5.74, 6) is -2.52. The predicted molar refractivity (Wildman–Crippen MR) is 125 cm³/mol. The van der Waals surface area contributed by atoms with Crippen LogP contribution in [0, 0.1) is 17.3 Å². The predicted octanol–water partition coefficient (Wildman–Crippen LogP) is 4.63. The maximum Gasteiger partial charge on any atom is 0.235 e. The van der Waals surface area contributed by atoms with E-state index in [1.807, 2.05) is 61.5 Å². The number of carbonyl (C=O) groups is 4. The number of hydrogen-bond acceptors (Lipinski definition) is 4. The molecule has 2 fully saturated rings. The molecule has 1 amide bonds. The number of amides is 1. The Bertz CT molecular complexity index is 1110. The van der Waals surface area contributed by atoms with Crippen LogP contribution in [0.25, 0.3) is 0 Å². The third kappa shape index (κ3) is 3.20. The highest BCUT2D eigenvalue weighted by atomic mass is 16.2. The Balaban J connectivity index is 1.62. The van der Waals surface area contributed by atoms with Crippen LogP contribution in [0.15, 0.2) is 54.6 Å². The van der Waals surface area contributed by atoms with Crippen LogP contribution in [0.2, 0.25) is 0 Å². The van der Waals surface area contributed by atoms with Gasteiger partial charge in [0.15, 0.2) is 0 Å². The molecule has 5 nitrogen and oxygen atoms in total. The van der Waals surface area contributed by atoms with E-state index in [9.17, 15) is 19.2 Å². The third-order valence-electron chi connectivity index (χ3n) is 7.91. The summed E-state index contributed by atoms with van der Waals surface area (Å²) >= 11 is 0. The molecule has 170 valence electrons. The fraction of sp³-hybridized carbons (Fsp3) is 0.429. The smallest absolute Gasteiger partial charge is 0.235 e. The Morgan fingerprint density at radius 1 is 0.909 bits per heavy atom. The molecule has 3 atom stereocenters. The topological polar surface area (TPSA) is 71.5 Å². The van der Waals surface area contributed by atoms with E-state index in [1.54, 1.807) is 4.90 Å². The second kappa shape index (κ2) is 8.36. The van der Waals surface area contributed by atoms with E-state index >= 15 is 0 Å². The fourth-order valence-corrected chi connectivity index (χ4v) is 6.61. The van der Waals surface area contributed by atoms with Crippen molar-refractivity contribution in [2.45, 2.75) is 57.9 Å². The molecule has 3 aliphatic rings. The normalized spacial score (nSPS) is 26.3. The van der Waals surface area contributed by atoms with Crippen LogP contribution in [-0.4, -0.2) is 23.3 Å². The van der Waals surface area contributed by atoms with Crippen molar-refractivity contribution in [3.05, 3.63) is 65.7 Å². The van der Waals surface area contributed by atoms with E-state index < -0.39 is 17.3 Å². The molecule has 0 aromatic heterocycles. The summed E-state index contributed by atoms with van der Waals surface area (Å²) in [5, 5.41) is 0. The molecule has 1 aliphatic heterocycles. The number of rotatable bonds is 5. The molecule has 2 saturated carbocycles. The van der Waals surface area contributed by atoms with Gasteiger partial charge in [0.2, 0.25) is 5.91 Å². The number of anilines is 1. The minimum absolute atomic E-state index is 0.105. The first-order chi connectivity index (χ1) is 16.0. The van der Waals surface area contributed by atoms with Gasteiger partial charge in [0.1, 0.15) is 22.8 Å². The van der Waals surface area contributed by atoms with Gasteiger partial charge in [-0.2, -0.15) is 0 Å². The zero-order chi connectivity index (χ0) is 23.2. The molecule has 1 heterocycles. The Kier molecular flexibility index (Phi) is 5.51. The van der Waals surface area contributed by atoms with E-state index in [4.69, 9.17) is 0 Å². The highest BCUT2D eigenvalue weighted by Crippen LogP contribution is 2.59. The van der Waals surface area contributed by atoms with Gasteiger partial charge in [-0.25, -0.2) is 0 Å². The lowest BCUT2D eigenvalue weighted by Gasteiger charge is -2.41. The third-order valence-corrected chi connectivity index (χ3v) is 7.91. The first-order valence-corrected chi connectivity index (χ1v) is 12.0. The van der Waals surface area contributed by atoms with Crippen LogP contribution in [0.4, 0.5) is 5.69 Å². The number of Topliss-reactive ketones (excluding diaryl/α,β-unsaturated/α-hetero) is 3. The van der Waals surface area contributed by atoms with Crippen molar-refractivity contribution >= 4 is 28.9 Å². The first-order valence-electron chi connectivity index (χ1n) is 12.0. The van der Waals surface area contributed by atoms with Crippen molar-refractivity contribution in [1.29, 1.82) is 0 Å². The lowest BCUT2D eigenvalue weighted by atomic mass is 9.57. The van der Waals surface area contributed by atoms with Crippen molar-refractivity contribution in [2.24, 2.45) is 17.3 Å². The van der Waals surface area contributed by atoms with E-state index in [0.29, 0.717) is 32.2 Å². The molecule has 2 aromatic rings. The Morgan fingerprint density at radius 3 is 2.27 bits per heavy atom. The second-order valence-electron chi connectivity index (χ2n) is 9.65.